The zero-order valence-electron chi connectivity index (χ0n) is 12.5. The largest absolute Gasteiger partial charge is 0.378 e. The number of hydrogen-bond donors (Lipinski definition) is 1. The average molecular weight is 370 g/mol. The highest BCUT2D eigenvalue weighted by atomic mass is 35.5. The van der Waals surface area contributed by atoms with E-state index in [1.807, 2.05) is 4.90 Å². The molecule has 0 aliphatic carbocycles. The summed E-state index contributed by atoms with van der Waals surface area (Å²) in [6, 6.07) is 5.12. The van der Waals surface area contributed by atoms with Crippen LogP contribution in [0.4, 0.5) is 16.2 Å². The number of nitrogens with one attached hydrogen (secondary N) is 1. The molecule has 0 atom stereocenters. The van der Waals surface area contributed by atoms with E-state index in [0.29, 0.717) is 36.3 Å². The molecular weight excluding hydrogens is 356 g/mol. The van der Waals surface area contributed by atoms with E-state index in [2.05, 4.69) is 20.5 Å². The molecule has 24 heavy (non-hydrogen) atoms. The number of nitrogens with zero attached hydrogens (tertiary/aromatic N) is 4. The van der Waals surface area contributed by atoms with Crippen molar-refractivity contribution in [2.45, 2.75) is 0 Å². The van der Waals surface area contributed by atoms with Crippen LogP contribution in [0.25, 0.3) is 0 Å². The molecule has 0 radical (unpaired) electrons. The third-order valence-corrected chi connectivity index (χ3v) is 4.10. The fourth-order valence-electron chi connectivity index (χ4n) is 2.17. The van der Waals surface area contributed by atoms with Crippen LogP contribution in [0.2, 0.25) is 10.0 Å². The molecule has 2 aromatic rings. The molecule has 1 N–H and O–H groups in total. The van der Waals surface area contributed by atoms with Gasteiger partial charge in [-0.05, 0) is 17.7 Å². The number of morpholine rings is 1. The molecule has 6 nitrogen and oxygen atoms in total. The highest BCUT2D eigenvalue weighted by molar-refractivity contribution is 6.42. The summed E-state index contributed by atoms with van der Waals surface area (Å²) in [5, 5.41) is 4.94. The van der Waals surface area contributed by atoms with E-state index < -0.39 is 5.82 Å². The number of anilines is 2. The van der Waals surface area contributed by atoms with Crippen molar-refractivity contribution >= 4 is 41.2 Å². The van der Waals surface area contributed by atoms with E-state index in [9.17, 15) is 4.39 Å². The van der Waals surface area contributed by atoms with Crippen molar-refractivity contribution in [2.24, 2.45) is 5.10 Å². The Labute approximate surface area is 148 Å². The molecule has 1 aromatic heterocycles. The van der Waals surface area contributed by atoms with Gasteiger partial charge in [0, 0.05) is 13.1 Å². The van der Waals surface area contributed by atoms with Crippen LogP contribution in [-0.2, 0) is 4.74 Å². The highest BCUT2D eigenvalue weighted by Gasteiger charge is 2.17. The third-order valence-electron chi connectivity index (χ3n) is 3.36. The van der Waals surface area contributed by atoms with Crippen molar-refractivity contribution in [1.29, 1.82) is 0 Å². The number of benzene rings is 1. The average Bonchev–Trinajstić information content (AvgIpc) is 2.60. The minimum absolute atomic E-state index is 0.203. The Morgan fingerprint density at radius 2 is 2.04 bits per heavy atom. The van der Waals surface area contributed by atoms with Crippen LogP contribution < -0.4 is 10.3 Å². The van der Waals surface area contributed by atoms with Gasteiger partial charge >= 0.3 is 0 Å². The second-order valence-electron chi connectivity index (χ2n) is 5.01. The van der Waals surface area contributed by atoms with Crippen molar-refractivity contribution in [1.82, 2.24) is 9.97 Å². The van der Waals surface area contributed by atoms with Gasteiger partial charge in [0.1, 0.15) is 0 Å². The molecule has 3 rings (SSSR count). The first-order valence-electron chi connectivity index (χ1n) is 7.23. The highest BCUT2D eigenvalue weighted by Crippen LogP contribution is 2.22. The maximum Gasteiger partial charge on any atom is 0.245 e. The topological polar surface area (TPSA) is 62.6 Å². The molecule has 1 aliphatic heterocycles. The van der Waals surface area contributed by atoms with Gasteiger partial charge in [0.05, 0.1) is 35.7 Å². The first-order valence-corrected chi connectivity index (χ1v) is 7.98. The minimum atomic E-state index is -0.476. The molecule has 2 heterocycles. The zero-order chi connectivity index (χ0) is 16.9. The third kappa shape index (κ3) is 4.11. The lowest BCUT2D eigenvalue weighted by Crippen LogP contribution is -2.37. The van der Waals surface area contributed by atoms with Gasteiger partial charge in [-0.2, -0.15) is 10.1 Å². The quantitative estimate of drug-likeness (QED) is 0.662. The molecule has 0 bridgehead atoms. The molecular formula is C15H14Cl2FN5O. The Morgan fingerprint density at radius 1 is 1.25 bits per heavy atom. The van der Waals surface area contributed by atoms with Crippen LogP contribution >= 0.6 is 23.2 Å². The number of hydrogen-bond acceptors (Lipinski definition) is 6. The Hall–Kier alpha value is -1.96. The van der Waals surface area contributed by atoms with E-state index in [-0.39, 0.29) is 11.8 Å². The van der Waals surface area contributed by atoms with E-state index in [4.69, 9.17) is 27.9 Å². The standard InChI is InChI=1S/C15H14Cl2FN5O/c16-11-2-1-10(7-12(11)17)8-20-22-15-19-9-13(18)14(21-15)23-3-5-24-6-4-23/h1-2,7-9H,3-6H2,(H,19,21,22)/b20-8+. The van der Waals surface area contributed by atoms with Crippen molar-refractivity contribution in [3.05, 3.63) is 45.8 Å². The smallest absolute Gasteiger partial charge is 0.245 e. The van der Waals surface area contributed by atoms with Gasteiger partial charge in [-0.15, -0.1) is 0 Å². The normalized spacial score (nSPS) is 15.0. The van der Waals surface area contributed by atoms with Crippen molar-refractivity contribution < 1.29 is 9.13 Å². The van der Waals surface area contributed by atoms with Gasteiger partial charge in [-0.1, -0.05) is 29.3 Å². The Kier molecular flexibility index (Phi) is 5.44. The monoisotopic (exact) mass is 369 g/mol. The summed E-state index contributed by atoms with van der Waals surface area (Å²) >= 11 is 11.8. The zero-order valence-corrected chi connectivity index (χ0v) is 14.1. The molecule has 1 fully saturated rings. The predicted molar refractivity (Wildman–Crippen MR) is 92.7 cm³/mol. The number of rotatable bonds is 4. The van der Waals surface area contributed by atoms with Crippen LogP contribution in [0.1, 0.15) is 5.56 Å². The van der Waals surface area contributed by atoms with E-state index in [0.717, 1.165) is 11.8 Å². The van der Waals surface area contributed by atoms with Crippen LogP contribution in [-0.4, -0.2) is 42.5 Å². The number of halogens is 3. The Bertz CT molecular complexity index is 753. The fraction of sp³-hybridized carbons (Fsp3) is 0.267. The fourth-order valence-corrected chi connectivity index (χ4v) is 2.47. The predicted octanol–water partition coefficient (Wildman–Crippen LogP) is 3.21. The van der Waals surface area contributed by atoms with Crippen molar-refractivity contribution in [3.8, 4) is 0 Å². The summed E-state index contributed by atoms with van der Waals surface area (Å²) in [5.41, 5.74) is 3.44. The summed E-state index contributed by atoms with van der Waals surface area (Å²) in [5.74, 6) is -0.0364. The van der Waals surface area contributed by atoms with Gasteiger partial charge in [0.2, 0.25) is 5.95 Å². The number of aromatic nitrogens is 2. The second-order valence-corrected chi connectivity index (χ2v) is 5.82. The molecule has 1 saturated heterocycles. The van der Waals surface area contributed by atoms with Gasteiger partial charge in [0.25, 0.3) is 0 Å². The van der Waals surface area contributed by atoms with Crippen LogP contribution in [0, 0.1) is 5.82 Å². The van der Waals surface area contributed by atoms with Crippen molar-refractivity contribution in [3.63, 3.8) is 0 Å². The van der Waals surface area contributed by atoms with Gasteiger partial charge in [0.15, 0.2) is 11.6 Å². The van der Waals surface area contributed by atoms with Gasteiger partial charge in [-0.3, -0.25) is 0 Å². The summed E-state index contributed by atoms with van der Waals surface area (Å²) in [4.78, 5) is 9.87. The number of ether oxygens (including phenoxy) is 1. The van der Waals surface area contributed by atoms with Crippen molar-refractivity contribution in [2.75, 3.05) is 36.6 Å². The molecule has 0 amide bonds. The van der Waals surface area contributed by atoms with Crippen LogP contribution in [0.15, 0.2) is 29.5 Å². The summed E-state index contributed by atoms with van der Waals surface area (Å²) in [6.45, 7) is 2.25. The summed E-state index contributed by atoms with van der Waals surface area (Å²) < 4.78 is 19.2. The number of hydrazone groups is 1. The SMILES string of the molecule is Fc1cnc(N/N=C/c2ccc(Cl)c(Cl)c2)nc1N1CCOCC1. The molecule has 1 aromatic carbocycles. The lowest BCUT2D eigenvalue weighted by molar-refractivity contribution is 0.122. The minimum Gasteiger partial charge on any atom is -0.378 e. The van der Waals surface area contributed by atoms with Crippen LogP contribution in [0.5, 0.6) is 0 Å². The van der Waals surface area contributed by atoms with Gasteiger partial charge in [-0.25, -0.2) is 14.8 Å². The molecule has 9 heteroatoms. The Morgan fingerprint density at radius 3 is 2.79 bits per heavy atom. The van der Waals surface area contributed by atoms with E-state index in [1.165, 1.54) is 0 Å². The molecule has 126 valence electrons. The molecule has 0 saturated carbocycles. The maximum absolute atomic E-state index is 13.9. The van der Waals surface area contributed by atoms with Crippen LogP contribution in [0.3, 0.4) is 0 Å². The second kappa shape index (κ2) is 7.74. The van der Waals surface area contributed by atoms with E-state index in [1.54, 1.807) is 24.4 Å². The molecule has 1 aliphatic rings. The lowest BCUT2D eigenvalue weighted by Gasteiger charge is -2.27. The first kappa shape index (κ1) is 16.9. The first-order chi connectivity index (χ1) is 11.6. The molecule has 0 unspecified atom stereocenters. The Balaban J connectivity index is 1.70. The maximum atomic E-state index is 13.9. The molecule has 0 spiro atoms. The summed E-state index contributed by atoms with van der Waals surface area (Å²) in [7, 11) is 0. The summed E-state index contributed by atoms with van der Waals surface area (Å²) in [6.07, 6.45) is 2.66. The lowest BCUT2D eigenvalue weighted by atomic mass is 10.2. The van der Waals surface area contributed by atoms with Gasteiger partial charge < -0.3 is 9.64 Å². The van der Waals surface area contributed by atoms with E-state index >= 15 is 0 Å².